The van der Waals surface area contributed by atoms with E-state index < -0.39 is 22.5 Å². The van der Waals surface area contributed by atoms with Gasteiger partial charge in [-0.05, 0) is 86.1 Å². The number of ether oxygens (including phenoxy) is 1. The van der Waals surface area contributed by atoms with E-state index in [1.807, 2.05) is 29.2 Å². The van der Waals surface area contributed by atoms with Crippen LogP contribution >= 0.6 is 0 Å². The highest BCUT2D eigenvalue weighted by atomic mass is 32.2. The number of methoxy groups -OCH3 is 1. The molecule has 7 rings (SSSR count). The lowest BCUT2D eigenvalue weighted by molar-refractivity contribution is -0.152. The summed E-state index contributed by atoms with van der Waals surface area (Å²) in [7, 11) is -2.43. The predicted molar refractivity (Wildman–Crippen MR) is 129 cm³/mol. The maximum Gasteiger partial charge on any atom is 0.269 e. The van der Waals surface area contributed by atoms with Crippen LogP contribution in [0.25, 0.3) is 0 Å². The van der Waals surface area contributed by atoms with Gasteiger partial charge in [0.15, 0.2) is 0 Å². The van der Waals surface area contributed by atoms with Crippen LogP contribution in [0, 0.1) is 17.8 Å². The van der Waals surface area contributed by atoms with E-state index in [-0.39, 0.29) is 21.9 Å². The van der Waals surface area contributed by atoms with Gasteiger partial charge in [-0.25, -0.2) is 12.7 Å². The first-order chi connectivity index (χ1) is 16.8. The van der Waals surface area contributed by atoms with E-state index in [0.29, 0.717) is 30.0 Å². The Kier molecular flexibility index (Phi) is 5.22. The van der Waals surface area contributed by atoms with E-state index in [9.17, 15) is 18.0 Å². The van der Waals surface area contributed by atoms with Crippen LogP contribution in [0.5, 0.6) is 5.75 Å². The number of hydrogen-bond acceptors (Lipinski definition) is 5. The van der Waals surface area contributed by atoms with Gasteiger partial charge in [-0.2, -0.15) is 0 Å². The van der Waals surface area contributed by atoms with Crippen molar-refractivity contribution in [3.05, 3.63) is 59.7 Å². The molecule has 1 heterocycles. The number of carbonyl (C=O) groups is 2. The van der Waals surface area contributed by atoms with E-state index in [0.717, 1.165) is 29.1 Å². The maximum absolute atomic E-state index is 14.0. The van der Waals surface area contributed by atoms with Crippen molar-refractivity contribution in [2.75, 3.05) is 13.7 Å². The van der Waals surface area contributed by atoms with Crippen molar-refractivity contribution in [2.24, 2.45) is 17.8 Å². The molecule has 4 bridgehead atoms. The van der Waals surface area contributed by atoms with Crippen LogP contribution in [0.3, 0.4) is 0 Å². The molecule has 0 radical (unpaired) electrons. The van der Waals surface area contributed by atoms with Crippen LogP contribution in [-0.4, -0.2) is 48.6 Å². The highest BCUT2D eigenvalue weighted by molar-refractivity contribution is 7.90. The van der Waals surface area contributed by atoms with Gasteiger partial charge in [-0.3, -0.25) is 9.59 Å². The minimum atomic E-state index is -4.05. The smallest absolute Gasteiger partial charge is 0.269 e. The minimum absolute atomic E-state index is 0.0213. The summed E-state index contributed by atoms with van der Waals surface area (Å²) in [6, 6.07) is 13.8. The van der Waals surface area contributed by atoms with Gasteiger partial charge >= 0.3 is 0 Å². The third-order valence-electron chi connectivity index (χ3n) is 8.55. The Morgan fingerprint density at radius 3 is 2.31 bits per heavy atom. The molecule has 0 aromatic heterocycles. The summed E-state index contributed by atoms with van der Waals surface area (Å²) in [5, 5.41) is 0. The van der Waals surface area contributed by atoms with Gasteiger partial charge in [0.2, 0.25) is 5.91 Å². The summed E-state index contributed by atoms with van der Waals surface area (Å²) in [5.41, 5.74) is 0.788. The van der Waals surface area contributed by atoms with E-state index in [2.05, 4.69) is 0 Å². The second kappa shape index (κ2) is 8.08. The molecule has 0 saturated heterocycles. The Morgan fingerprint density at radius 1 is 1.03 bits per heavy atom. The Labute approximate surface area is 206 Å². The highest BCUT2D eigenvalue weighted by Crippen LogP contribution is 2.58. The summed E-state index contributed by atoms with van der Waals surface area (Å²) in [4.78, 5) is 28.9. The normalized spacial score (nSPS) is 29.8. The van der Waals surface area contributed by atoms with Crippen molar-refractivity contribution >= 4 is 21.8 Å². The number of amides is 2. The Hall–Kier alpha value is -2.87. The zero-order valence-corrected chi connectivity index (χ0v) is 20.7. The number of fused-ring (bicyclic) bond motifs is 1. The third kappa shape index (κ3) is 3.64. The molecule has 35 heavy (non-hydrogen) atoms. The Morgan fingerprint density at radius 2 is 1.69 bits per heavy atom. The molecule has 7 nitrogen and oxygen atoms in total. The fraction of sp³-hybridized carbons (Fsp3) is 0.481. The molecule has 5 aliphatic rings. The second-order valence-corrected chi connectivity index (χ2v) is 12.6. The predicted octanol–water partition coefficient (Wildman–Crippen LogP) is 3.84. The largest absolute Gasteiger partial charge is 0.497 e. The zero-order chi connectivity index (χ0) is 24.4. The molecule has 0 spiro atoms. The van der Waals surface area contributed by atoms with E-state index in [1.54, 1.807) is 19.2 Å². The average Bonchev–Trinajstić information content (AvgIpc) is 3.02. The summed E-state index contributed by atoms with van der Waals surface area (Å²) >= 11 is 0. The average molecular weight is 495 g/mol. The molecular formula is C27H30N2O5S. The van der Waals surface area contributed by atoms with Crippen molar-refractivity contribution in [3.8, 4) is 5.75 Å². The lowest BCUT2D eigenvalue weighted by Crippen LogP contribution is -2.62. The molecule has 0 N–H and O–H groups in total. The fourth-order valence-corrected chi connectivity index (χ4v) is 8.98. The first-order valence-electron chi connectivity index (χ1n) is 12.4. The maximum atomic E-state index is 14.0. The zero-order valence-electron chi connectivity index (χ0n) is 19.9. The van der Waals surface area contributed by atoms with E-state index in [4.69, 9.17) is 4.74 Å². The Balaban J connectivity index is 1.34. The number of nitrogens with zero attached hydrogens (tertiary/aromatic N) is 2. The molecule has 1 aliphatic heterocycles. The van der Waals surface area contributed by atoms with Crippen molar-refractivity contribution in [1.82, 2.24) is 9.21 Å². The van der Waals surface area contributed by atoms with Crippen LogP contribution in [-0.2, 0) is 21.4 Å². The number of rotatable bonds is 6. The van der Waals surface area contributed by atoms with Gasteiger partial charge in [-0.15, -0.1) is 0 Å². The van der Waals surface area contributed by atoms with Crippen LogP contribution in [0.15, 0.2) is 53.4 Å². The standard InChI is InChI=1S/C27H30N2O5S/c1-34-22-6-4-5-18(12-22)16-28(27-13-19-9-20(14-27)11-21(10-19)15-27)25(30)17-29-26(31)23-7-2-3-8-24(23)35(29,32)33/h2-8,12,19-21H,9-11,13-17H2,1H3. The molecule has 4 saturated carbocycles. The minimum Gasteiger partial charge on any atom is -0.497 e. The van der Waals surface area contributed by atoms with Gasteiger partial charge in [0.25, 0.3) is 15.9 Å². The summed E-state index contributed by atoms with van der Waals surface area (Å²) in [5.74, 6) is 1.63. The van der Waals surface area contributed by atoms with Gasteiger partial charge < -0.3 is 9.64 Å². The highest BCUT2D eigenvalue weighted by Gasteiger charge is 2.55. The lowest BCUT2D eigenvalue weighted by Gasteiger charge is -2.60. The van der Waals surface area contributed by atoms with E-state index >= 15 is 0 Å². The van der Waals surface area contributed by atoms with Crippen molar-refractivity contribution < 1.29 is 22.7 Å². The molecule has 2 aromatic carbocycles. The lowest BCUT2D eigenvalue weighted by atomic mass is 9.52. The fourth-order valence-electron chi connectivity index (χ4n) is 7.46. The first-order valence-corrected chi connectivity index (χ1v) is 13.8. The number of hydrogen-bond donors (Lipinski definition) is 0. The topological polar surface area (TPSA) is 84.0 Å². The Bertz CT molecular complexity index is 1270. The molecule has 2 amide bonds. The van der Waals surface area contributed by atoms with Crippen molar-refractivity contribution in [3.63, 3.8) is 0 Å². The molecule has 4 fully saturated rings. The van der Waals surface area contributed by atoms with Crippen molar-refractivity contribution in [1.29, 1.82) is 0 Å². The number of sulfonamides is 1. The van der Waals surface area contributed by atoms with Gasteiger partial charge in [0.1, 0.15) is 17.2 Å². The van der Waals surface area contributed by atoms with Crippen LogP contribution in [0.2, 0.25) is 0 Å². The molecule has 2 aromatic rings. The van der Waals surface area contributed by atoms with Crippen LogP contribution in [0.4, 0.5) is 0 Å². The number of carbonyl (C=O) groups excluding carboxylic acids is 2. The number of benzene rings is 2. The van der Waals surface area contributed by atoms with Crippen LogP contribution in [0.1, 0.15) is 54.4 Å². The summed E-state index contributed by atoms with van der Waals surface area (Å²) in [6.45, 7) is -0.0984. The SMILES string of the molecule is COc1cccc(CN(C(=O)CN2C(=O)c3ccccc3S2(=O)=O)C23CC4CC(CC(C4)C2)C3)c1. The van der Waals surface area contributed by atoms with Gasteiger partial charge in [-0.1, -0.05) is 24.3 Å². The van der Waals surface area contributed by atoms with Gasteiger partial charge in [0.05, 0.1) is 12.7 Å². The second-order valence-electron chi connectivity index (χ2n) is 10.8. The molecule has 0 unspecified atom stereocenters. The molecule has 8 heteroatoms. The van der Waals surface area contributed by atoms with E-state index in [1.165, 1.54) is 31.4 Å². The summed E-state index contributed by atoms with van der Waals surface area (Å²) in [6.07, 6.45) is 6.55. The summed E-state index contributed by atoms with van der Waals surface area (Å²) < 4.78 is 32.5. The van der Waals surface area contributed by atoms with Crippen molar-refractivity contribution in [2.45, 2.75) is 55.5 Å². The molecular weight excluding hydrogens is 464 g/mol. The monoisotopic (exact) mass is 494 g/mol. The first kappa shape index (κ1) is 22.6. The molecule has 4 aliphatic carbocycles. The third-order valence-corrected chi connectivity index (χ3v) is 10.3. The molecule has 184 valence electrons. The quantitative estimate of drug-likeness (QED) is 0.609. The van der Waals surface area contributed by atoms with Gasteiger partial charge in [0, 0.05) is 12.1 Å². The van der Waals surface area contributed by atoms with Crippen LogP contribution < -0.4 is 4.74 Å². The molecule has 0 atom stereocenters.